The number of hydrogen-bond acceptors (Lipinski definition) is 2. The van der Waals surface area contributed by atoms with Gasteiger partial charge in [-0.3, -0.25) is 0 Å². The number of nitrogens with one attached hydrogen (secondary N) is 1. The highest BCUT2D eigenvalue weighted by atomic mass is 32.2. The minimum Gasteiger partial charge on any atom is -0.212 e. The third kappa shape index (κ3) is 5.62. The average Bonchev–Trinajstić information content (AvgIpc) is 2.46. The van der Waals surface area contributed by atoms with Crippen LogP contribution in [0.4, 0.5) is 0 Å². The van der Waals surface area contributed by atoms with Crippen molar-refractivity contribution in [1.29, 1.82) is 0 Å². The van der Waals surface area contributed by atoms with Gasteiger partial charge in [0.15, 0.2) is 0 Å². The maximum Gasteiger partial charge on any atom is 0.212 e. The third-order valence-corrected chi connectivity index (χ3v) is 5.03. The van der Waals surface area contributed by atoms with Crippen LogP contribution in [0.15, 0.2) is 60.7 Å². The fraction of sp³-hybridized carbons (Fsp3) is 0.333. The molecule has 0 radical (unpaired) electrons. The first kappa shape index (κ1) is 16.7. The van der Waals surface area contributed by atoms with Gasteiger partial charge in [-0.05, 0) is 37.8 Å². The summed E-state index contributed by atoms with van der Waals surface area (Å²) >= 11 is 0. The normalized spacial score (nSPS) is 12.3. The first-order valence-electron chi connectivity index (χ1n) is 7.46. The van der Waals surface area contributed by atoms with Gasteiger partial charge >= 0.3 is 0 Å². The van der Waals surface area contributed by atoms with Crippen LogP contribution in [-0.2, 0) is 22.9 Å². The molecule has 2 aromatic carbocycles. The van der Waals surface area contributed by atoms with Crippen LogP contribution >= 0.6 is 0 Å². The van der Waals surface area contributed by atoms with Gasteiger partial charge in [0.05, 0.1) is 5.75 Å². The highest BCUT2D eigenvalue weighted by molar-refractivity contribution is 7.89. The zero-order valence-corrected chi connectivity index (χ0v) is 13.9. The monoisotopic (exact) mass is 317 g/mol. The van der Waals surface area contributed by atoms with Crippen molar-refractivity contribution < 1.29 is 8.42 Å². The molecule has 1 N–H and O–H groups in total. The van der Waals surface area contributed by atoms with Gasteiger partial charge in [-0.2, -0.15) is 0 Å². The number of aryl methyl sites for hydroxylation is 1. The summed E-state index contributed by atoms with van der Waals surface area (Å²) in [6, 6.07) is 19.6. The molecule has 0 unspecified atom stereocenters. The van der Waals surface area contributed by atoms with E-state index in [4.69, 9.17) is 0 Å². The van der Waals surface area contributed by atoms with Crippen LogP contribution in [-0.4, -0.2) is 19.7 Å². The molecule has 0 fully saturated rings. The van der Waals surface area contributed by atoms with Crippen LogP contribution in [0.1, 0.15) is 25.0 Å². The summed E-state index contributed by atoms with van der Waals surface area (Å²) in [5.74, 6) is 0.106. The Hall–Kier alpha value is -1.65. The molecule has 0 saturated heterocycles. The summed E-state index contributed by atoms with van der Waals surface area (Å²) in [7, 11) is -3.31. The Bertz CT molecular complexity index is 680. The van der Waals surface area contributed by atoms with E-state index in [9.17, 15) is 8.42 Å². The van der Waals surface area contributed by atoms with Gasteiger partial charge < -0.3 is 0 Å². The van der Waals surface area contributed by atoms with Crippen LogP contribution in [0.3, 0.4) is 0 Å². The topological polar surface area (TPSA) is 46.2 Å². The van der Waals surface area contributed by atoms with Gasteiger partial charge in [0.2, 0.25) is 10.0 Å². The van der Waals surface area contributed by atoms with Gasteiger partial charge in [-0.15, -0.1) is 0 Å². The number of rotatable bonds is 7. The SMILES string of the molecule is CC(C)(Cc1ccccc1)NS(=O)(=O)CCc1ccccc1. The van der Waals surface area contributed by atoms with Crippen molar-refractivity contribution in [1.82, 2.24) is 4.72 Å². The minimum atomic E-state index is -3.31. The Morgan fingerprint density at radius 2 is 1.36 bits per heavy atom. The van der Waals surface area contributed by atoms with E-state index < -0.39 is 15.6 Å². The van der Waals surface area contributed by atoms with Crippen molar-refractivity contribution in [3.05, 3.63) is 71.8 Å². The molecule has 22 heavy (non-hydrogen) atoms. The summed E-state index contributed by atoms with van der Waals surface area (Å²) in [6.07, 6.45) is 1.19. The van der Waals surface area contributed by atoms with Crippen molar-refractivity contribution in [2.75, 3.05) is 5.75 Å². The second kappa shape index (κ2) is 7.07. The Kier molecular flexibility index (Phi) is 5.37. The van der Waals surface area contributed by atoms with Crippen LogP contribution in [0.2, 0.25) is 0 Å². The van der Waals surface area contributed by atoms with E-state index in [-0.39, 0.29) is 5.75 Å². The molecule has 0 spiro atoms. The van der Waals surface area contributed by atoms with Crippen molar-refractivity contribution >= 4 is 10.0 Å². The van der Waals surface area contributed by atoms with E-state index >= 15 is 0 Å². The molecule has 0 amide bonds. The molecule has 0 atom stereocenters. The van der Waals surface area contributed by atoms with E-state index in [0.29, 0.717) is 12.8 Å². The molecule has 0 aliphatic heterocycles. The molecule has 4 heteroatoms. The highest BCUT2D eigenvalue weighted by Crippen LogP contribution is 2.14. The molecule has 0 saturated carbocycles. The van der Waals surface area contributed by atoms with E-state index in [1.165, 1.54) is 0 Å². The molecule has 0 aliphatic rings. The smallest absolute Gasteiger partial charge is 0.212 e. The standard InChI is InChI=1S/C18H23NO2S/c1-18(2,15-17-11-7-4-8-12-17)19-22(20,21)14-13-16-9-5-3-6-10-16/h3-12,19H,13-15H2,1-2H3. The van der Waals surface area contributed by atoms with E-state index in [1.807, 2.05) is 74.5 Å². The Morgan fingerprint density at radius 3 is 1.91 bits per heavy atom. The summed E-state index contributed by atoms with van der Waals surface area (Å²) in [4.78, 5) is 0. The van der Waals surface area contributed by atoms with Crippen LogP contribution < -0.4 is 4.72 Å². The summed E-state index contributed by atoms with van der Waals surface area (Å²) in [6.45, 7) is 3.83. The first-order valence-corrected chi connectivity index (χ1v) is 9.11. The maximum absolute atomic E-state index is 12.3. The van der Waals surface area contributed by atoms with Crippen LogP contribution in [0.5, 0.6) is 0 Å². The summed E-state index contributed by atoms with van der Waals surface area (Å²) in [5.41, 5.74) is 1.66. The molecule has 0 heterocycles. The van der Waals surface area contributed by atoms with Crippen molar-refractivity contribution in [2.45, 2.75) is 32.2 Å². The van der Waals surface area contributed by atoms with Crippen molar-refractivity contribution in [3.63, 3.8) is 0 Å². The van der Waals surface area contributed by atoms with Gasteiger partial charge in [-0.25, -0.2) is 13.1 Å². The zero-order chi connectivity index (χ0) is 16.1. The minimum absolute atomic E-state index is 0.106. The predicted octanol–water partition coefficient (Wildman–Crippen LogP) is 3.17. The lowest BCUT2D eigenvalue weighted by atomic mass is 9.96. The fourth-order valence-electron chi connectivity index (χ4n) is 2.51. The zero-order valence-electron chi connectivity index (χ0n) is 13.1. The fourth-order valence-corrected chi connectivity index (χ4v) is 4.03. The molecule has 0 bridgehead atoms. The summed E-state index contributed by atoms with van der Waals surface area (Å²) < 4.78 is 27.4. The lowest BCUT2D eigenvalue weighted by molar-refractivity contribution is 0.450. The van der Waals surface area contributed by atoms with Crippen LogP contribution in [0.25, 0.3) is 0 Å². The average molecular weight is 317 g/mol. The summed E-state index contributed by atoms with van der Waals surface area (Å²) in [5, 5.41) is 0. The van der Waals surface area contributed by atoms with Gasteiger partial charge in [0.1, 0.15) is 0 Å². The second-order valence-corrected chi connectivity index (χ2v) is 8.04. The van der Waals surface area contributed by atoms with Crippen LogP contribution in [0, 0.1) is 0 Å². The highest BCUT2D eigenvalue weighted by Gasteiger charge is 2.24. The molecule has 2 rings (SSSR count). The molecule has 0 aromatic heterocycles. The molecular formula is C18H23NO2S. The van der Waals surface area contributed by atoms with Crippen molar-refractivity contribution in [2.24, 2.45) is 0 Å². The van der Waals surface area contributed by atoms with Gasteiger partial charge in [0, 0.05) is 5.54 Å². The maximum atomic E-state index is 12.3. The number of hydrogen-bond donors (Lipinski definition) is 1. The molecular weight excluding hydrogens is 294 g/mol. The largest absolute Gasteiger partial charge is 0.212 e. The van der Waals surface area contributed by atoms with E-state index in [2.05, 4.69) is 4.72 Å². The Morgan fingerprint density at radius 1 is 0.864 bits per heavy atom. The molecule has 118 valence electrons. The third-order valence-electron chi connectivity index (χ3n) is 3.42. The van der Waals surface area contributed by atoms with Gasteiger partial charge in [0.25, 0.3) is 0 Å². The lowest BCUT2D eigenvalue weighted by Gasteiger charge is -2.26. The number of benzene rings is 2. The molecule has 0 aliphatic carbocycles. The second-order valence-electron chi connectivity index (χ2n) is 6.20. The van der Waals surface area contributed by atoms with E-state index in [0.717, 1.165) is 11.1 Å². The van der Waals surface area contributed by atoms with E-state index in [1.54, 1.807) is 0 Å². The molecule has 2 aromatic rings. The Labute approximate surface area is 133 Å². The quantitative estimate of drug-likeness (QED) is 0.852. The molecule has 3 nitrogen and oxygen atoms in total. The predicted molar refractivity (Wildman–Crippen MR) is 91.3 cm³/mol. The lowest BCUT2D eigenvalue weighted by Crippen LogP contribution is -2.46. The Balaban J connectivity index is 1.95. The number of sulfonamides is 1. The first-order chi connectivity index (χ1) is 10.4. The van der Waals surface area contributed by atoms with Crippen molar-refractivity contribution in [3.8, 4) is 0 Å². The van der Waals surface area contributed by atoms with Gasteiger partial charge in [-0.1, -0.05) is 60.7 Å².